The summed E-state index contributed by atoms with van der Waals surface area (Å²) in [7, 11) is -3.81. The first-order valence-corrected chi connectivity index (χ1v) is 7.89. The fourth-order valence-corrected chi connectivity index (χ4v) is 3.59. The molecule has 0 fully saturated rings. The highest BCUT2D eigenvalue weighted by molar-refractivity contribution is 7.92. The lowest BCUT2D eigenvalue weighted by Gasteiger charge is -2.24. The minimum atomic E-state index is -3.81. The van der Waals surface area contributed by atoms with Crippen LogP contribution in [-0.4, -0.2) is 31.7 Å². The number of hydrogen-bond acceptors (Lipinski definition) is 4. The van der Waals surface area contributed by atoms with Crippen LogP contribution in [0.25, 0.3) is 0 Å². The number of benzene rings is 1. The van der Waals surface area contributed by atoms with Gasteiger partial charge in [0.15, 0.2) is 0 Å². The number of anilines is 1. The third-order valence-corrected chi connectivity index (χ3v) is 4.95. The Hall–Kier alpha value is -1.93. The highest BCUT2D eigenvalue weighted by atomic mass is 32.2. The number of aromatic nitrogens is 2. The van der Waals surface area contributed by atoms with Gasteiger partial charge in [0, 0.05) is 6.54 Å². The van der Waals surface area contributed by atoms with E-state index < -0.39 is 15.8 Å². The zero-order valence-electron chi connectivity index (χ0n) is 11.6. The number of aromatic amines is 1. The van der Waals surface area contributed by atoms with Crippen LogP contribution in [0.1, 0.15) is 12.1 Å². The van der Waals surface area contributed by atoms with Gasteiger partial charge in [-0.15, -0.1) is 0 Å². The highest BCUT2D eigenvalue weighted by Gasteiger charge is 2.27. The largest absolute Gasteiger partial charge is 0.330 e. The maximum absolute atomic E-state index is 13.4. The number of H-pyrrole nitrogens is 1. The fourth-order valence-electron chi connectivity index (χ4n) is 1.97. The summed E-state index contributed by atoms with van der Waals surface area (Å²) in [5, 5.41) is 6.33. The summed E-state index contributed by atoms with van der Waals surface area (Å²) in [6, 6.07) is 5.47. The number of aryl methyl sites for hydroxylation is 1. The lowest BCUT2D eigenvalue weighted by atomic mass is 10.3. The second-order valence-corrected chi connectivity index (χ2v) is 6.39. The molecule has 1 aromatic carbocycles. The van der Waals surface area contributed by atoms with Crippen molar-refractivity contribution >= 4 is 15.7 Å². The van der Waals surface area contributed by atoms with Crippen LogP contribution in [0.5, 0.6) is 0 Å². The number of rotatable bonds is 6. The molecule has 21 heavy (non-hydrogen) atoms. The van der Waals surface area contributed by atoms with E-state index in [1.54, 1.807) is 13.0 Å². The molecule has 1 aromatic heterocycles. The van der Waals surface area contributed by atoms with Gasteiger partial charge in [-0.05, 0) is 38.1 Å². The van der Waals surface area contributed by atoms with Crippen molar-refractivity contribution in [3.8, 4) is 0 Å². The molecule has 2 rings (SSSR count). The number of nitrogens with one attached hydrogen (secondary N) is 1. The lowest BCUT2D eigenvalue weighted by Crippen LogP contribution is -2.33. The zero-order chi connectivity index (χ0) is 15.5. The minimum absolute atomic E-state index is 0.0729. The third kappa shape index (κ3) is 3.22. The Morgan fingerprint density at radius 2 is 2.19 bits per heavy atom. The highest BCUT2D eigenvalue weighted by Crippen LogP contribution is 2.25. The molecule has 0 unspecified atom stereocenters. The van der Waals surface area contributed by atoms with Crippen molar-refractivity contribution < 1.29 is 12.8 Å². The van der Waals surface area contributed by atoms with E-state index in [-0.39, 0.29) is 17.1 Å². The van der Waals surface area contributed by atoms with Gasteiger partial charge in [-0.1, -0.05) is 6.07 Å². The van der Waals surface area contributed by atoms with E-state index in [0.29, 0.717) is 18.7 Å². The minimum Gasteiger partial charge on any atom is -0.330 e. The van der Waals surface area contributed by atoms with Crippen molar-refractivity contribution in [1.82, 2.24) is 10.2 Å². The van der Waals surface area contributed by atoms with Crippen molar-refractivity contribution in [1.29, 1.82) is 0 Å². The number of sulfonamides is 1. The smallest absolute Gasteiger partial charge is 0.267 e. The quantitative estimate of drug-likeness (QED) is 0.843. The first-order valence-electron chi connectivity index (χ1n) is 6.45. The van der Waals surface area contributed by atoms with Gasteiger partial charge in [0.05, 0.1) is 17.6 Å². The van der Waals surface area contributed by atoms with Crippen molar-refractivity contribution in [2.75, 3.05) is 17.4 Å². The molecule has 0 amide bonds. The van der Waals surface area contributed by atoms with Crippen LogP contribution < -0.4 is 10.0 Å². The Labute approximate surface area is 122 Å². The van der Waals surface area contributed by atoms with Crippen LogP contribution in [0, 0.1) is 12.7 Å². The van der Waals surface area contributed by atoms with Crippen LogP contribution in [0.3, 0.4) is 0 Å². The molecule has 0 aliphatic heterocycles. The molecular weight excluding hydrogens is 295 g/mol. The summed E-state index contributed by atoms with van der Waals surface area (Å²) in [5.41, 5.74) is 6.16. The molecule has 0 aliphatic rings. The number of nitrogens with zero attached hydrogens (tertiary/aromatic N) is 2. The Morgan fingerprint density at radius 1 is 1.43 bits per heavy atom. The number of hydrogen-bond donors (Lipinski definition) is 2. The maximum Gasteiger partial charge on any atom is 0.267 e. The monoisotopic (exact) mass is 312 g/mol. The van der Waals surface area contributed by atoms with Crippen molar-refractivity contribution in [3.05, 3.63) is 42.0 Å². The van der Waals surface area contributed by atoms with Crippen LogP contribution in [0.4, 0.5) is 10.1 Å². The van der Waals surface area contributed by atoms with Crippen LogP contribution in [-0.2, 0) is 10.0 Å². The van der Waals surface area contributed by atoms with Crippen LogP contribution in [0.15, 0.2) is 35.4 Å². The Kier molecular flexibility index (Phi) is 4.59. The molecule has 0 atom stereocenters. The van der Waals surface area contributed by atoms with Gasteiger partial charge < -0.3 is 5.73 Å². The van der Waals surface area contributed by atoms with Crippen LogP contribution in [0.2, 0.25) is 0 Å². The standard InChI is InChI=1S/C13H17FN4O2S/c1-10-13(9-16-17-10)21(19,20)18(7-3-6-15)12-5-2-4-11(14)8-12/h2,4-5,8-9H,3,6-7,15H2,1H3,(H,16,17). The van der Waals surface area contributed by atoms with E-state index in [0.717, 1.165) is 4.31 Å². The second kappa shape index (κ2) is 6.23. The van der Waals surface area contributed by atoms with Gasteiger partial charge >= 0.3 is 0 Å². The van der Waals surface area contributed by atoms with Crippen molar-refractivity contribution in [2.45, 2.75) is 18.2 Å². The van der Waals surface area contributed by atoms with E-state index >= 15 is 0 Å². The molecule has 1 heterocycles. The maximum atomic E-state index is 13.4. The predicted molar refractivity (Wildman–Crippen MR) is 77.9 cm³/mol. The molecular formula is C13H17FN4O2S. The first kappa shape index (κ1) is 15.5. The molecule has 0 spiro atoms. The van der Waals surface area contributed by atoms with E-state index in [9.17, 15) is 12.8 Å². The molecule has 6 nitrogen and oxygen atoms in total. The molecule has 0 saturated carbocycles. The van der Waals surface area contributed by atoms with Crippen molar-refractivity contribution in [2.24, 2.45) is 5.73 Å². The molecule has 0 aliphatic carbocycles. The summed E-state index contributed by atoms with van der Waals surface area (Å²) < 4.78 is 40.0. The summed E-state index contributed by atoms with van der Waals surface area (Å²) in [6.07, 6.45) is 1.71. The van der Waals surface area contributed by atoms with E-state index in [2.05, 4.69) is 10.2 Å². The van der Waals surface area contributed by atoms with E-state index in [4.69, 9.17) is 5.73 Å². The average Bonchev–Trinajstić information content (AvgIpc) is 2.86. The van der Waals surface area contributed by atoms with Gasteiger partial charge in [-0.25, -0.2) is 12.8 Å². The molecule has 0 bridgehead atoms. The molecule has 8 heteroatoms. The normalized spacial score (nSPS) is 11.6. The molecule has 2 aromatic rings. The summed E-state index contributed by atoms with van der Waals surface area (Å²) >= 11 is 0. The van der Waals surface area contributed by atoms with Gasteiger partial charge in [-0.3, -0.25) is 9.40 Å². The summed E-state index contributed by atoms with van der Waals surface area (Å²) in [4.78, 5) is 0.0729. The fraction of sp³-hybridized carbons (Fsp3) is 0.308. The second-order valence-electron chi connectivity index (χ2n) is 4.56. The molecule has 3 N–H and O–H groups in total. The van der Waals surface area contributed by atoms with Crippen LogP contribution >= 0.6 is 0 Å². The lowest BCUT2D eigenvalue weighted by molar-refractivity contribution is 0.588. The molecule has 0 saturated heterocycles. The van der Waals surface area contributed by atoms with E-state index in [1.807, 2.05) is 0 Å². The zero-order valence-corrected chi connectivity index (χ0v) is 12.4. The van der Waals surface area contributed by atoms with Crippen molar-refractivity contribution in [3.63, 3.8) is 0 Å². The molecule has 0 radical (unpaired) electrons. The summed E-state index contributed by atoms with van der Waals surface area (Å²) in [5.74, 6) is -0.496. The average molecular weight is 312 g/mol. The topological polar surface area (TPSA) is 92.1 Å². The first-order chi connectivity index (χ1) is 9.96. The Balaban J connectivity index is 2.48. The van der Waals surface area contributed by atoms with Gasteiger partial charge in [0.25, 0.3) is 10.0 Å². The van der Waals surface area contributed by atoms with E-state index in [1.165, 1.54) is 24.4 Å². The van der Waals surface area contributed by atoms with Gasteiger partial charge in [-0.2, -0.15) is 5.10 Å². The Bertz CT molecular complexity index is 714. The third-order valence-electron chi connectivity index (χ3n) is 3.01. The predicted octanol–water partition coefficient (Wildman–Crippen LogP) is 1.40. The SMILES string of the molecule is Cc1[nH]ncc1S(=O)(=O)N(CCCN)c1cccc(F)c1. The van der Waals surface area contributed by atoms with Gasteiger partial charge in [0.2, 0.25) is 0 Å². The van der Waals surface area contributed by atoms with Gasteiger partial charge in [0.1, 0.15) is 10.7 Å². The Morgan fingerprint density at radius 3 is 2.76 bits per heavy atom. The molecule has 114 valence electrons. The number of halogens is 1. The summed E-state index contributed by atoms with van der Waals surface area (Å²) in [6.45, 7) is 2.13. The number of nitrogens with two attached hydrogens (primary N) is 1.